The monoisotopic (exact) mass is 288 g/mol. The van der Waals surface area contributed by atoms with Gasteiger partial charge in [-0.05, 0) is 17.7 Å². The minimum absolute atomic E-state index is 0.0833. The Morgan fingerprint density at radius 1 is 1.20 bits per heavy atom. The van der Waals surface area contributed by atoms with Crippen LogP contribution in [0.2, 0.25) is 0 Å². The van der Waals surface area contributed by atoms with Gasteiger partial charge in [0.05, 0.1) is 19.3 Å². The fourth-order valence-corrected chi connectivity index (χ4v) is 1.92. The van der Waals surface area contributed by atoms with Crippen LogP contribution in [0.1, 0.15) is 24.5 Å². The Morgan fingerprint density at radius 3 is 2.70 bits per heavy atom. The maximum Gasteiger partial charge on any atom is 0.261 e. The van der Waals surface area contributed by atoms with Gasteiger partial charge in [-0.3, -0.25) is 0 Å². The van der Waals surface area contributed by atoms with Crippen LogP contribution in [-0.2, 0) is 4.74 Å². The van der Waals surface area contributed by atoms with Gasteiger partial charge < -0.3 is 19.3 Å². The Morgan fingerprint density at radius 2 is 1.95 bits per heavy atom. The maximum atomic E-state index is 11.9. The first-order chi connectivity index (χ1) is 9.66. The van der Waals surface area contributed by atoms with Crippen LogP contribution >= 0.6 is 0 Å². The molecule has 112 valence electrons. The van der Waals surface area contributed by atoms with E-state index in [-0.39, 0.29) is 13.0 Å². The minimum atomic E-state index is -2.48. The molecule has 1 aliphatic rings. The summed E-state index contributed by atoms with van der Waals surface area (Å²) in [5.74, 6) is 1.26. The number of aliphatic hydroxyl groups excluding tert-OH is 1. The third kappa shape index (κ3) is 4.31. The Labute approximate surface area is 116 Å². The molecule has 2 rings (SSSR count). The molecule has 1 N–H and O–H groups in total. The van der Waals surface area contributed by atoms with Crippen LogP contribution in [0.25, 0.3) is 0 Å². The van der Waals surface area contributed by atoms with E-state index in [4.69, 9.17) is 14.2 Å². The van der Waals surface area contributed by atoms with E-state index in [0.29, 0.717) is 30.3 Å². The van der Waals surface area contributed by atoms with E-state index in [1.807, 2.05) is 0 Å². The molecule has 1 aromatic carbocycles. The van der Waals surface area contributed by atoms with Crippen molar-refractivity contribution in [1.29, 1.82) is 0 Å². The van der Waals surface area contributed by atoms with Crippen molar-refractivity contribution in [2.75, 3.05) is 26.4 Å². The molecule has 1 unspecified atom stereocenters. The number of hydrogen-bond donors (Lipinski definition) is 1. The highest BCUT2D eigenvalue weighted by Gasteiger charge is 2.14. The van der Waals surface area contributed by atoms with Gasteiger partial charge in [0, 0.05) is 19.4 Å². The lowest BCUT2D eigenvalue weighted by Crippen LogP contribution is -2.08. The van der Waals surface area contributed by atoms with Crippen LogP contribution in [0.3, 0.4) is 0 Å². The first-order valence-electron chi connectivity index (χ1n) is 6.60. The molecule has 0 saturated heterocycles. The SMILES string of the molecule is OC(CCOCC(F)F)c1ccc2c(c1)OCCCO2. The van der Waals surface area contributed by atoms with Crippen LogP contribution in [0, 0.1) is 0 Å². The van der Waals surface area contributed by atoms with Gasteiger partial charge in [-0.1, -0.05) is 6.07 Å². The number of aliphatic hydroxyl groups is 1. The second-order valence-electron chi connectivity index (χ2n) is 4.53. The zero-order valence-electron chi connectivity index (χ0n) is 11.1. The standard InChI is InChI=1S/C14H18F2O4/c15-14(16)9-18-7-4-11(17)10-2-3-12-13(8-10)20-6-1-5-19-12/h2-3,8,11,14,17H,1,4-7,9H2. The summed E-state index contributed by atoms with van der Waals surface area (Å²) >= 11 is 0. The quantitative estimate of drug-likeness (QED) is 0.817. The Bertz CT molecular complexity index is 426. The van der Waals surface area contributed by atoms with Gasteiger partial charge in [0.25, 0.3) is 6.43 Å². The molecule has 0 fully saturated rings. The maximum absolute atomic E-state index is 11.9. The summed E-state index contributed by atoms with van der Waals surface area (Å²) in [5.41, 5.74) is 0.662. The zero-order valence-corrected chi connectivity index (χ0v) is 11.1. The van der Waals surface area contributed by atoms with Gasteiger partial charge in [-0.2, -0.15) is 0 Å². The van der Waals surface area contributed by atoms with E-state index in [2.05, 4.69) is 0 Å². The van der Waals surface area contributed by atoms with Crippen LogP contribution in [0.15, 0.2) is 18.2 Å². The van der Waals surface area contributed by atoms with Gasteiger partial charge in [-0.25, -0.2) is 8.78 Å². The van der Waals surface area contributed by atoms with Gasteiger partial charge in [0.1, 0.15) is 6.61 Å². The summed E-state index contributed by atoms with van der Waals surface area (Å²) in [6, 6.07) is 5.21. The highest BCUT2D eigenvalue weighted by molar-refractivity contribution is 5.44. The molecule has 0 aromatic heterocycles. The van der Waals surface area contributed by atoms with E-state index in [1.54, 1.807) is 18.2 Å². The van der Waals surface area contributed by atoms with E-state index >= 15 is 0 Å². The normalized spacial score (nSPS) is 16.0. The van der Waals surface area contributed by atoms with Gasteiger partial charge in [0.2, 0.25) is 0 Å². The van der Waals surface area contributed by atoms with Crippen molar-refractivity contribution in [2.45, 2.75) is 25.4 Å². The predicted molar refractivity (Wildman–Crippen MR) is 68.4 cm³/mol. The van der Waals surface area contributed by atoms with Crippen molar-refractivity contribution in [3.63, 3.8) is 0 Å². The highest BCUT2D eigenvalue weighted by atomic mass is 19.3. The van der Waals surface area contributed by atoms with Gasteiger partial charge in [-0.15, -0.1) is 0 Å². The molecule has 0 radical (unpaired) electrons. The summed E-state index contributed by atoms with van der Waals surface area (Å²) in [4.78, 5) is 0. The lowest BCUT2D eigenvalue weighted by Gasteiger charge is -2.14. The summed E-state index contributed by atoms with van der Waals surface area (Å²) in [6.07, 6.45) is -2.18. The Kier molecular flexibility index (Phi) is 5.55. The lowest BCUT2D eigenvalue weighted by molar-refractivity contribution is 0.00479. The van der Waals surface area contributed by atoms with Crippen LogP contribution in [-0.4, -0.2) is 38.0 Å². The second kappa shape index (κ2) is 7.40. The molecule has 1 heterocycles. The highest BCUT2D eigenvalue weighted by Crippen LogP contribution is 2.32. The predicted octanol–water partition coefficient (Wildman–Crippen LogP) is 2.55. The third-order valence-corrected chi connectivity index (χ3v) is 2.94. The Balaban J connectivity index is 1.89. The summed E-state index contributed by atoms with van der Waals surface area (Å²) in [6.45, 7) is 0.661. The van der Waals surface area contributed by atoms with Gasteiger partial charge in [0.15, 0.2) is 11.5 Å². The molecule has 0 amide bonds. The Hall–Kier alpha value is -1.40. The summed E-state index contributed by atoms with van der Waals surface area (Å²) < 4.78 is 39.6. The number of fused-ring (bicyclic) bond motifs is 1. The molecular weight excluding hydrogens is 270 g/mol. The number of ether oxygens (including phenoxy) is 3. The topological polar surface area (TPSA) is 47.9 Å². The summed E-state index contributed by atoms with van der Waals surface area (Å²) in [7, 11) is 0. The molecule has 0 bridgehead atoms. The van der Waals surface area contributed by atoms with Crippen molar-refractivity contribution in [3.8, 4) is 11.5 Å². The lowest BCUT2D eigenvalue weighted by atomic mass is 10.1. The largest absolute Gasteiger partial charge is 0.490 e. The number of benzene rings is 1. The molecule has 0 saturated carbocycles. The van der Waals surface area contributed by atoms with Gasteiger partial charge >= 0.3 is 0 Å². The van der Waals surface area contributed by atoms with E-state index in [9.17, 15) is 13.9 Å². The number of alkyl halides is 2. The molecule has 4 nitrogen and oxygen atoms in total. The van der Waals surface area contributed by atoms with Crippen LogP contribution in [0.5, 0.6) is 11.5 Å². The number of hydrogen-bond acceptors (Lipinski definition) is 4. The van der Waals surface area contributed by atoms with Crippen molar-refractivity contribution >= 4 is 0 Å². The smallest absolute Gasteiger partial charge is 0.261 e. The molecular formula is C14H18F2O4. The third-order valence-electron chi connectivity index (χ3n) is 2.94. The van der Waals surface area contributed by atoms with E-state index in [1.165, 1.54) is 0 Å². The van der Waals surface area contributed by atoms with Crippen molar-refractivity contribution in [3.05, 3.63) is 23.8 Å². The van der Waals surface area contributed by atoms with Crippen molar-refractivity contribution < 1.29 is 28.1 Å². The van der Waals surface area contributed by atoms with Crippen molar-refractivity contribution in [1.82, 2.24) is 0 Å². The summed E-state index contributed by atoms with van der Waals surface area (Å²) in [5, 5.41) is 9.99. The average molecular weight is 288 g/mol. The molecule has 0 spiro atoms. The minimum Gasteiger partial charge on any atom is -0.490 e. The number of rotatable bonds is 6. The first-order valence-corrected chi connectivity index (χ1v) is 6.60. The van der Waals surface area contributed by atoms with E-state index in [0.717, 1.165) is 6.42 Å². The van der Waals surface area contributed by atoms with Crippen molar-refractivity contribution in [2.24, 2.45) is 0 Å². The zero-order chi connectivity index (χ0) is 14.4. The van der Waals surface area contributed by atoms with E-state index < -0.39 is 19.1 Å². The second-order valence-corrected chi connectivity index (χ2v) is 4.53. The number of halogens is 2. The molecule has 1 aliphatic heterocycles. The fourth-order valence-electron chi connectivity index (χ4n) is 1.92. The fraction of sp³-hybridized carbons (Fsp3) is 0.571. The molecule has 0 aliphatic carbocycles. The first kappa shape index (κ1) is 15.0. The molecule has 20 heavy (non-hydrogen) atoms. The van der Waals surface area contributed by atoms with Crippen LogP contribution < -0.4 is 9.47 Å². The van der Waals surface area contributed by atoms with Crippen LogP contribution in [0.4, 0.5) is 8.78 Å². The molecule has 6 heteroatoms. The molecule has 1 atom stereocenters. The average Bonchev–Trinajstić information content (AvgIpc) is 2.67. The molecule has 1 aromatic rings.